The standard InChI is InChI=1S/C31H27ClN4O2S/c32-27-15-6-5-10-23(27)21-38-26-14-9-11-22(18-26)29-24(20-36(34-29)25-12-3-1-4-13-25)19-28-30(37)33-31(39-28)35-16-7-2-8-17-35/h1,3-6,9-15,18-20H,2,7-8,16-17,21H2. The van der Waals surface area contributed by atoms with Gasteiger partial charge in [-0.15, -0.1) is 0 Å². The van der Waals surface area contributed by atoms with Gasteiger partial charge in [0.25, 0.3) is 5.91 Å². The maximum Gasteiger partial charge on any atom is 0.286 e. The number of ether oxygens (including phenoxy) is 1. The maximum absolute atomic E-state index is 12.9. The number of thioether (sulfide) groups is 1. The highest BCUT2D eigenvalue weighted by atomic mass is 35.5. The Balaban J connectivity index is 1.31. The third-order valence-corrected chi connectivity index (χ3v) is 8.16. The number of amidine groups is 1. The van der Waals surface area contributed by atoms with E-state index in [-0.39, 0.29) is 5.91 Å². The molecule has 2 aliphatic heterocycles. The van der Waals surface area contributed by atoms with Crippen LogP contribution in [0.4, 0.5) is 0 Å². The van der Waals surface area contributed by atoms with Gasteiger partial charge in [-0.1, -0.05) is 60.1 Å². The zero-order valence-corrected chi connectivity index (χ0v) is 22.9. The number of hydrogen-bond donors (Lipinski definition) is 0. The number of carbonyl (C=O) groups is 1. The number of nitrogens with zero attached hydrogens (tertiary/aromatic N) is 4. The first-order chi connectivity index (χ1) is 19.1. The SMILES string of the molecule is O=C1N=C(N2CCCCC2)SC1=Cc1cn(-c2ccccc2)nc1-c1cccc(OCc2ccccc2Cl)c1. The van der Waals surface area contributed by atoms with E-state index in [1.54, 1.807) is 0 Å². The average Bonchev–Trinajstić information content (AvgIpc) is 3.57. The molecular formula is C31H27ClN4O2S. The molecule has 2 aliphatic rings. The summed E-state index contributed by atoms with van der Waals surface area (Å²) in [7, 11) is 0. The fourth-order valence-electron chi connectivity index (χ4n) is 4.70. The van der Waals surface area contributed by atoms with E-state index in [2.05, 4.69) is 9.89 Å². The molecule has 4 aromatic rings. The Labute approximate surface area is 237 Å². The number of rotatable bonds is 6. The molecule has 0 atom stereocenters. The van der Waals surface area contributed by atoms with Crippen molar-refractivity contribution in [2.45, 2.75) is 25.9 Å². The molecule has 39 heavy (non-hydrogen) atoms. The molecule has 0 unspecified atom stereocenters. The van der Waals surface area contributed by atoms with Crippen molar-refractivity contribution in [2.75, 3.05) is 13.1 Å². The van der Waals surface area contributed by atoms with Crippen LogP contribution in [-0.2, 0) is 11.4 Å². The number of amides is 1. The topological polar surface area (TPSA) is 59.7 Å². The van der Waals surface area contributed by atoms with Crippen LogP contribution >= 0.6 is 23.4 Å². The molecule has 0 spiro atoms. The van der Waals surface area contributed by atoms with Gasteiger partial charge in [-0.3, -0.25) is 4.79 Å². The molecular weight excluding hydrogens is 528 g/mol. The van der Waals surface area contributed by atoms with Gasteiger partial charge in [0, 0.05) is 41.0 Å². The summed E-state index contributed by atoms with van der Waals surface area (Å²) >= 11 is 7.76. The number of para-hydroxylation sites is 1. The van der Waals surface area contributed by atoms with Crippen LogP contribution in [0, 0.1) is 0 Å². The molecule has 3 heterocycles. The number of likely N-dealkylation sites (tertiary alicyclic amines) is 1. The van der Waals surface area contributed by atoms with Crippen LogP contribution in [0.1, 0.15) is 30.4 Å². The van der Waals surface area contributed by atoms with Gasteiger partial charge in [0.2, 0.25) is 0 Å². The van der Waals surface area contributed by atoms with Crippen LogP contribution in [0.25, 0.3) is 23.0 Å². The Hall–Kier alpha value is -3.81. The molecule has 1 saturated heterocycles. The predicted molar refractivity (Wildman–Crippen MR) is 158 cm³/mol. The Morgan fingerprint density at radius 1 is 0.949 bits per heavy atom. The van der Waals surface area contributed by atoms with Crippen molar-refractivity contribution in [3.63, 3.8) is 0 Å². The van der Waals surface area contributed by atoms with Crippen LogP contribution in [0.5, 0.6) is 5.75 Å². The van der Waals surface area contributed by atoms with Crippen molar-refractivity contribution in [1.29, 1.82) is 0 Å². The van der Waals surface area contributed by atoms with E-state index in [1.807, 2.05) is 95.8 Å². The third kappa shape index (κ3) is 5.79. The molecule has 1 fully saturated rings. The summed E-state index contributed by atoms with van der Waals surface area (Å²) in [4.78, 5) is 20.1. The largest absolute Gasteiger partial charge is 0.489 e. The monoisotopic (exact) mass is 554 g/mol. The van der Waals surface area contributed by atoms with E-state index < -0.39 is 0 Å². The second kappa shape index (κ2) is 11.5. The molecule has 0 saturated carbocycles. The minimum atomic E-state index is -0.198. The lowest BCUT2D eigenvalue weighted by Crippen LogP contribution is -2.33. The lowest BCUT2D eigenvalue weighted by molar-refractivity contribution is -0.113. The second-order valence-electron chi connectivity index (χ2n) is 9.48. The number of aromatic nitrogens is 2. The van der Waals surface area contributed by atoms with Gasteiger partial charge in [-0.05, 0) is 67.4 Å². The summed E-state index contributed by atoms with van der Waals surface area (Å²) in [6.07, 6.45) is 7.37. The first kappa shape index (κ1) is 25.5. The Bertz CT molecular complexity index is 1560. The van der Waals surface area contributed by atoms with Crippen molar-refractivity contribution in [3.8, 4) is 22.7 Å². The molecule has 0 bridgehead atoms. The molecule has 196 valence electrons. The Morgan fingerprint density at radius 2 is 1.74 bits per heavy atom. The van der Waals surface area contributed by atoms with Gasteiger partial charge >= 0.3 is 0 Å². The van der Waals surface area contributed by atoms with E-state index in [0.29, 0.717) is 22.3 Å². The molecule has 1 aromatic heterocycles. The van der Waals surface area contributed by atoms with Crippen molar-refractivity contribution in [1.82, 2.24) is 14.7 Å². The van der Waals surface area contributed by atoms with E-state index in [0.717, 1.165) is 59.2 Å². The van der Waals surface area contributed by atoms with Crippen LogP contribution in [0.2, 0.25) is 5.02 Å². The fourth-order valence-corrected chi connectivity index (χ4v) is 5.85. The Kier molecular flexibility index (Phi) is 7.52. The van der Waals surface area contributed by atoms with Crippen LogP contribution in [0.3, 0.4) is 0 Å². The van der Waals surface area contributed by atoms with Crippen molar-refractivity contribution >= 4 is 40.5 Å². The maximum atomic E-state index is 12.9. The number of halogens is 1. The molecule has 0 N–H and O–H groups in total. The van der Waals surface area contributed by atoms with Gasteiger partial charge in [0.05, 0.1) is 10.6 Å². The number of piperidine rings is 1. The number of hydrogen-bond acceptors (Lipinski definition) is 5. The van der Waals surface area contributed by atoms with E-state index in [9.17, 15) is 4.79 Å². The minimum Gasteiger partial charge on any atom is -0.489 e. The number of benzene rings is 3. The molecule has 3 aromatic carbocycles. The number of aliphatic imine (C=N–C) groups is 1. The summed E-state index contributed by atoms with van der Waals surface area (Å²) in [5.41, 5.74) is 4.35. The van der Waals surface area contributed by atoms with Crippen molar-refractivity contribution < 1.29 is 9.53 Å². The van der Waals surface area contributed by atoms with Gasteiger partial charge < -0.3 is 9.64 Å². The average molecular weight is 555 g/mol. The highest BCUT2D eigenvalue weighted by Crippen LogP contribution is 2.35. The first-order valence-corrected chi connectivity index (χ1v) is 14.2. The molecule has 6 nitrogen and oxygen atoms in total. The predicted octanol–water partition coefficient (Wildman–Crippen LogP) is 7.23. The van der Waals surface area contributed by atoms with Gasteiger partial charge in [0.15, 0.2) is 5.17 Å². The highest BCUT2D eigenvalue weighted by molar-refractivity contribution is 8.18. The van der Waals surface area contributed by atoms with Gasteiger partial charge in [-0.25, -0.2) is 4.68 Å². The second-order valence-corrected chi connectivity index (χ2v) is 10.9. The zero-order valence-electron chi connectivity index (χ0n) is 21.3. The molecule has 0 radical (unpaired) electrons. The third-order valence-electron chi connectivity index (χ3n) is 6.75. The van der Waals surface area contributed by atoms with Crippen molar-refractivity contribution in [2.24, 2.45) is 4.99 Å². The van der Waals surface area contributed by atoms with Crippen molar-refractivity contribution in [3.05, 3.63) is 106 Å². The summed E-state index contributed by atoms with van der Waals surface area (Å²) in [5.74, 6) is 0.512. The smallest absolute Gasteiger partial charge is 0.286 e. The van der Waals surface area contributed by atoms with Crippen LogP contribution in [0.15, 0.2) is 95.0 Å². The van der Waals surface area contributed by atoms with E-state index >= 15 is 0 Å². The first-order valence-electron chi connectivity index (χ1n) is 13.0. The van der Waals surface area contributed by atoms with Gasteiger partial charge in [0.1, 0.15) is 18.1 Å². The molecule has 1 amide bonds. The molecule has 8 heteroatoms. The lowest BCUT2D eigenvalue weighted by atomic mass is 10.1. The summed E-state index contributed by atoms with van der Waals surface area (Å²) < 4.78 is 7.92. The van der Waals surface area contributed by atoms with Crippen LogP contribution in [-0.4, -0.2) is 38.8 Å². The van der Waals surface area contributed by atoms with Gasteiger partial charge in [-0.2, -0.15) is 10.1 Å². The molecule has 0 aliphatic carbocycles. The fraction of sp³-hybridized carbons (Fsp3) is 0.194. The molecule has 6 rings (SSSR count). The Morgan fingerprint density at radius 3 is 2.56 bits per heavy atom. The minimum absolute atomic E-state index is 0.198. The summed E-state index contributed by atoms with van der Waals surface area (Å²) in [5, 5.41) is 6.41. The summed E-state index contributed by atoms with van der Waals surface area (Å²) in [6.45, 7) is 2.26. The van der Waals surface area contributed by atoms with E-state index in [1.165, 1.54) is 18.2 Å². The lowest BCUT2D eigenvalue weighted by Gasteiger charge is -2.27. The normalized spacial score (nSPS) is 16.5. The van der Waals surface area contributed by atoms with Crippen LogP contribution < -0.4 is 4.74 Å². The summed E-state index contributed by atoms with van der Waals surface area (Å²) in [6, 6.07) is 25.4. The van der Waals surface area contributed by atoms with E-state index in [4.69, 9.17) is 21.4 Å². The zero-order chi connectivity index (χ0) is 26.6. The highest BCUT2D eigenvalue weighted by Gasteiger charge is 2.27. The quantitative estimate of drug-likeness (QED) is 0.235. The number of carbonyl (C=O) groups excluding carboxylic acids is 1.